The van der Waals surface area contributed by atoms with E-state index in [-0.39, 0.29) is 12.5 Å². The highest BCUT2D eigenvalue weighted by Crippen LogP contribution is 2.44. The molecule has 0 saturated heterocycles. The van der Waals surface area contributed by atoms with Crippen molar-refractivity contribution in [2.45, 2.75) is 83.7 Å². The Kier molecular flexibility index (Phi) is 12.0. The van der Waals surface area contributed by atoms with Crippen molar-refractivity contribution in [3.05, 3.63) is 36.5 Å². The second kappa shape index (κ2) is 13.9. The molecule has 1 aliphatic rings. The van der Waals surface area contributed by atoms with Crippen LogP contribution in [0.15, 0.2) is 36.5 Å². The zero-order chi connectivity index (χ0) is 18.3. The summed E-state index contributed by atoms with van der Waals surface area (Å²) in [4.78, 5) is 10.4. The van der Waals surface area contributed by atoms with E-state index in [0.717, 1.165) is 25.7 Å². The number of aliphatic hydroxyl groups excluding tert-OH is 1. The normalized spacial score (nSPS) is 21.5. The summed E-state index contributed by atoms with van der Waals surface area (Å²) in [7, 11) is 0. The molecule has 0 aromatic heterocycles. The second-order valence-electron chi connectivity index (χ2n) is 7.13. The van der Waals surface area contributed by atoms with E-state index in [4.69, 9.17) is 5.11 Å². The number of hydrogen-bond acceptors (Lipinski definition) is 2. The molecule has 1 saturated carbocycles. The molecular formula is C22H36O3. The van der Waals surface area contributed by atoms with E-state index in [0.29, 0.717) is 18.3 Å². The molecule has 0 amide bonds. The summed E-state index contributed by atoms with van der Waals surface area (Å²) in [6, 6.07) is 0. The van der Waals surface area contributed by atoms with E-state index < -0.39 is 5.97 Å². The monoisotopic (exact) mass is 348 g/mol. The smallest absolute Gasteiger partial charge is 0.303 e. The van der Waals surface area contributed by atoms with E-state index in [9.17, 15) is 9.90 Å². The van der Waals surface area contributed by atoms with Crippen molar-refractivity contribution in [2.75, 3.05) is 0 Å². The highest BCUT2D eigenvalue weighted by molar-refractivity contribution is 5.66. The van der Waals surface area contributed by atoms with Crippen LogP contribution in [0, 0.1) is 11.8 Å². The van der Waals surface area contributed by atoms with Crippen LogP contribution < -0.4 is 0 Å². The van der Waals surface area contributed by atoms with Crippen LogP contribution in [0.25, 0.3) is 0 Å². The summed E-state index contributed by atoms with van der Waals surface area (Å²) in [5.74, 6) is 0.348. The maximum absolute atomic E-state index is 10.4. The zero-order valence-corrected chi connectivity index (χ0v) is 15.8. The third-order valence-corrected chi connectivity index (χ3v) is 4.78. The molecule has 0 unspecified atom stereocenters. The lowest BCUT2D eigenvalue weighted by atomic mass is 10.1. The minimum Gasteiger partial charge on any atom is -0.481 e. The first kappa shape index (κ1) is 21.7. The number of allylic oxidation sites excluding steroid dienone is 5. The third kappa shape index (κ3) is 11.8. The topological polar surface area (TPSA) is 57.5 Å². The number of unbranched alkanes of at least 4 members (excludes halogenated alkanes) is 5. The quantitative estimate of drug-likeness (QED) is 0.297. The first-order valence-electron chi connectivity index (χ1n) is 10.0. The van der Waals surface area contributed by atoms with Crippen molar-refractivity contribution in [1.29, 1.82) is 0 Å². The van der Waals surface area contributed by atoms with Crippen molar-refractivity contribution in [3.8, 4) is 0 Å². The molecule has 1 rings (SSSR count). The number of carboxylic acids is 1. The fraction of sp³-hybridized carbons (Fsp3) is 0.682. The van der Waals surface area contributed by atoms with Gasteiger partial charge in [0.2, 0.25) is 0 Å². The molecule has 0 bridgehead atoms. The molecule has 0 aromatic carbocycles. The summed E-state index contributed by atoms with van der Waals surface area (Å²) in [6.07, 6.45) is 23.5. The van der Waals surface area contributed by atoms with Crippen LogP contribution in [0.3, 0.4) is 0 Å². The Labute approximate surface area is 153 Å². The summed E-state index contributed by atoms with van der Waals surface area (Å²) in [6.45, 7) is 2.24. The molecular weight excluding hydrogens is 312 g/mol. The number of rotatable bonds is 15. The van der Waals surface area contributed by atoms with Gasteiger partial charge in [0.05, 0.1) is 6.10 Å². The molecule has 142 valence electrons. The number of carboxylic acid groups (broad SMARTS) is 1. The Morgan fingerprint density at radius 2 is 1.80 bits per heavy atom. The first-order chi connectivity index (χ1) is 12.1. The van der Waals surface area contributed by atoms with Crippen molar-refractivity contribution in [3.63, 3.8) is 0 Å². The van der Waals surface area contributed by atoms with Gasteiger partial charge in [0.15, 0.2) is 0 Å². The lowest BCUT2D eigenvalue weighted by Crippen LogP contribution is -2.06. The summed E-state index contributed by atoms with van der Waals surface area (Å²) < 4.78 is 0. The average molecular weight is 349 g/mol. The third-order valence-electron chi connectivity index (χ3n) is 4.78. The van der Waals surface area contributed by atoms with Gasteiger partial charge in [-0.15, -0.1) is 0 Å². The number of hydrogen-bond donors (Lipinski definition) is 2. The fourth-order valence-electron chi connectivity index (χ4n) is 3.06. The Morgan fingerprint density at radius 3 is 2.56 bits per heavy atom. The van der Waals surface area contributed by atoms with Crippen LogP contribution >= 0.6 is 0 Å². The number of aliphatic hydroxyl groups is 1. The van der Waals surface area contributed by atoms with Gasteiger partial charge in [0.25, 0.3) is 0 Å². The summed E-state index contributed by atoms with van der Waals surface area (Å²) >= 11 is 0. The molecule has 3 heteroatoms. The fourth-order valence-corrected chi connectivity index (χ4v) is 3.06. The molecule has 0 aromatic rings. The molecule has 1 fully saturated rings. The first-order valence-corrected chi connectivity index (χ1v) is 10.0. The van der Waals surface area contributed by atoms with Crippen molar-refractivity contribution in [1.82, 2.24) is 0 Å². The van der Waals surface area contributed by atoms with Crippen LogP contribution in [0.1, 0.15) is 77.6 Å². The Morgan fingerprint density at radius 1 is 1.04 bits per heavy atom. The van der Waals surface area contributed by atoms with Gasteiger partial charge in [-0.1, -0.05) is 62.6 Å². The molecule has 3 nitrogen and oxygen atoms in total. The second-order valence-corrected chi connectivity index (χ2v) is 7.13. The van der Waals surface area contributed by atoms with Gasteiger partial charge in [-0.05, 0) is 56.8 Å². The molecule has 25 heavy (non-hydrogen) atoms. The van der Waals surface area contributed by atoms with Gasteiger partial charge in [0, 0.05) is 6.42 Å². The lowest BCUT2D eigenvalue weighted by Gasteiger charge is -2.03. The van der Waals surface area contributed by atoms with Gasteiger partial charge < -0.3 is 10.2 Å². The van der Waals surface area contributed by atoms with E-state index in [1.807, 2.05) is 24.3 Å². The minimum absolute atomic E-state index is 0.231. The maximum Gasteiger partial charge on any atom is 0.303 e. The van der Waals surface area contributed by atoms with Gasteiger partial charge >= 0.3 is 5.97 Å². The van der Waals surface area contributed by atoms with Gasteiger partial charge in [0.1, 0.15) is 0 Å². The average Bonchev–Trinajstić information content (AvgIpc) is 3.35. The molecule has 0 spiro atoms. The SMILES string of the molecule is CCCCCC/C=C\C[C@H]1C[C@@H]1[C@@H](O)/C=C\C/C=C\CCCC(=O)O. The van der Waals surface area contributed by atoms with Crippen molar-refractivity contribution >= 4 is 5.97 Å². The van der Waals surface area contributed by atoms with Crippen LogP contribution in [-0.4, -0.2) is 22.3 Å². The minimum atomic E-state index is -0.734. The molecule has 3 atom stereocenters. The molecule has 2 N–H and O–H groups in total. The largest absolute Gasteiger partial charge is 0.481 e. The van der Waals surface area contributed by atoms with Crippen molar-refractivity contribution in [2.24, 2.45) is 11.8 Å². The predicted molar refractivity (Wildman–Crippen MR) is 105 cm³/mol. The summed E-state index contributed by atoms with van der Waals surface area (Å²) in [5, 5.41) is 18.7. The zero-order valence-electron chi connectivity index (χ0n) is 15.8. The highest BCUT2D eigenvalue weighted by Gasteiger charge is 2.40. The van der Waals surface area contributed by atoms with Crippen LogP contribution in [0.2, 0.25) is 0 Å². The summed E-state index contributed by atoms with van der Waals surface area (Å²) in [5.41, 5.74) is 0. The van der Waals surface area contributed by atoms with Crippen LogP contribution in [0.4, 0.5) is 0 Å². The van der Waals surface area contributed by atoms with Gasteiger partial charge in [-0.2, -0.15) is 0 Å². The van der Waals surface area contributed by atoms with Gasteiger partial charge in [-0.3, -0.25) is 4.79 Å². The maximum atomic E-state index is 10.4. The number of aliphatic carboxylic acids is 1. The van der Waals surface area contributed by atoms with E-state index in [1.54, 1.807) is 0 Å². The van der Waals surface area contributed by atoms with E-state index >= 15 is 0 Å². The predicted octanol–water partition coefficient (Wildman–Crippen LogP) is 5.66. The molecule has 0 radical (unpaired) electrons. The van der Waals surface area contributed by atoms with Crippen LogP contribution in [-0.2, 0) is 4.79 Å². The van der Waals surface area contributed by atoms with E-state index in [1.165, 1.54) is 32.1 Å². The Bertz CT molecular complexity index is 437. The lowest BCUT2D eigenvalue weighted by molar-refractivity contribution is -0.137. The standard InChI is InChI=1S/C22H36O3/c1-2-3-4-5-6-9-12-15-19-18-20(19)21(23)16-13-10-7-8-11-14-17-22(24)25/h7-9,12-13,16,19-21,23H,2-6,10-11,14-15,17-18H2,1H3,(H,24,25)/b8-7-,12-9-,16-13-/t19-,20-,21-/m0/s1. The van der Waals surface area contributed by atoms with E-state index in [2.05, 4.69) is 19.1 Å². The molecule has 1 aliphatic carbocycles. The highest BCUT2D eigenvalue weighted by atomic mass is 16.4. The Hall–Kier alpha value is -1.35. The Balaban J connectivity index is 2.03. The van der Waals surface area contributed by atoms with Crippen LogP contribution in [0.5, 0.6) is 0 Å². The van der Waals surface area contributed by atoms with Gasteiger partial charge in [-0.25, -0.2) is 0 Å². The molecule has 0 aliphatic heterocycles. The van der Waals surface area contributed by atoms with Crippen molar-refractivity contribution < 1.29 is 15.0 Å². The number of carbonyl (C=O) groups is 1. The molecule has 0 heterocycles.